The number of nitrogens with one attached hydrogen (secondary N) is 2. The number of nitrogens with zero attached hydrogens (tertiary/aromatic N) is 1. The number of ether oxygens (including phenoxy) is 1. The molecule has 1 saturated heterocycles. The molecule has 4 aliphatic rings. The lowest BCUT2D eigenvalue weighted by atomic mass is 9.81. The number of hydrogen-bond acceptors (Lipinski definition) is 4. The van der Waals surface area contributed by atoms with Gasteiger partial charge in [0.15, 0.2) is 0 Å². The summed E-state index contributed by atoms with van der Waals surface area (Å²) in [5.74, 6) is -0.215. The van der Waals surface area contributed by atoms with E-state index in [9.17, 15) is 9.59 Å². The maximum Gasteiger partial charge on any atom is 0.228 e. The van der Waals surface area contributed by atoms with E-state index in [0.717, 1.165) is 55.8 Å². The lowest BCUT2D eigenvalue weighted by Crippen LogP contribution is -2.45. The fourth-order valence-corrected chi connectivity index (χ4v) is 6.01. The van der Waals surface area contributed by atoms with Gasteiger partial charge in [0.2, 0.25) is 11.8 Å². The zero-order chi connectivity index (χ0) is 20.7. The summed E-state index contributed by atoms with van der Waals surface area (Å²) in [6, 6.07) is 7.59. The minimum absolute atomic E-state index is 0.0299. The molecule has 2 saturated carbocycles. The van der Waals surface area contributed by atoms with Crippen LogP contribution >= 0.6 is 15.9 Å². The first-order chi connectivity index (χ1) is 14.6. The van der Waals surface area contributed by atoms with Gasteiger partial charge >= 0.3 is 0 Å². The number of rotatable bonds is 6. The number of anilines is 1. The molecule has 7 heteroatoms. The summed E-state index contributed by atoms with van der Waals surface area (Å²) >= 11 is 3.42. The van der Waals surface area contributed by atoms with Crippen molar-refractivity contribution in [2.45, 2.75) is 12.8 Å². The van der Waals surface area contributed by atoms with Crippen LogP contribution in [0.15, 0.2) is 40.9 Å². The van der Waals surface area contributed by atoms with E-state index in [-0.39, 0.29) is 40.9 Å². The van der Waals surface area contributed by atoms with Gasteiger partial charge in [0, 0.05) is 36.3 Å². The van der Waals surface area contributed by atoms with E-state index in [0.29, 0.717) is 6.54 Å². The Morgan fingerprint density at radius 3 is 2.30 bits per heavy atom. The van der Waals surface area contributed by atoms with E-state index < -0.39 is 0 Å². The molecule has 1 aromatic rings. The average molecular weight is 474 g/mol. The second-order valence-electron chi connectivity index (χ2n) is 8.96. The highest BCUT2D eigenvalue weighted by atomic mass is 79.9. The molecule has 0 radical (unpaired) electrons. The molecule has 1 aliphatic heterocycles. The molecule has 5 rings (SSSR count). The first-order valence-corrected chi connectivity index (χ1v) is 11.7. The lowest BCUT2D eigenvalue weighted by Gasteiger charge is -2.28. The molecule has 3 aliphatic carbocycles. The second-order valence-corrected chi connectivity index (χ2v) is 9.88. The van der Waals surface area contributed by atoms with Gasteiger partial charge in [-0.25, -0.2) is 0 Å². The minimum atomic E-state index is -0.297. The summed E-state index contributed by atoms with van der Waals surface area (Å²) in [4.78, 5) is 28.8. The molecule has 1 aromatic carbocycles. The van der Waals surface area contributed by atoms with Crippen LogP contribution in [0.4, 0.5) is 5.69 Å². The lowest BCUT2D eigenvalue weighted by molar-refractivity contribution is -0.132. The van der Waals surface area contributed by atoms with Crippen LogP contribution in [0.3, 0.4) is 0 Å². The van der Waals surface area contributed by atoms with Crippen LogP contribution in [0.1, 0.15) is 12.8 Å². The number of carbonyl (C=O) groups excluding carboxylic acids is 2. The summed E-state index contributed by atoms with van der Waals surface area (Å²) in [5, 5.41) is 6.20. The van der Waals surface area contributed by atoms with Crippen LogP contribution in [-0.2, 0) is 14.3 Å². The fraction of sp³-hybridized carbons (Fsp3) is 0.565. The Morgan fingerprint density at radius 2 is 1.67 bits per heavy atom. The Morgan fingerprint density at radius 1 is 1.03 bits per heavy atom. The van der Waals surface area contributed by atoms with Crippen LogP contribution < -0.4 is 10.6 Å². The molecule has 30 heavy (non-hydrogen) atoms. The molecule has 1 spiro atoms. The van der Waals surface area contributed by atoms with Crippen molar-refractivity contribution in [2.24, 2.45) is 29.1 Å². The second kappa shape index (κ2) is 8.09. The molecule has 2 bridgehead atoms. The Labute approximate surface area is 185 Å². The van der Waals surface area contributed by atoms with Crippen molar-refractivity contribution in [3.8, 4) is 0 Å². The molecule has 0 aromatic heterocycles. The van der Waals surface area contributed by atoms with Gasteiger partial charge in [-0.15, -0.1) is 0 Å². The Hall–Kier alpha value is -1.70. The molecular formula is C23H28BrN3O3. The van der Waals surface area contributed by atoms with Gasteiger partial charge < -0.3 is 15.4 Å². The summed E-state index contributed by atoms with van der Waals surface area (Å²) in [5.41, 5.74) is 0.916. The maximum absolute atomic E-state index is 13.3. The highest BCUT2D eigenvalue weighted by Crippen LogP contribution is 2.72. The molecule has 2 amide bonds. The number of hydrogen-bond donors (Lipinski definition) is 2. The van der Waals surface area contributed by atoms with E-state index >= 15 is 0 Å². The largest absolute Gasteiger partial charge is 0.379 e. The van der Waals surface area contributed by atoms with Crippen molar-refractivity contribution in [3.63, 3.8) is 0 Å². The number of halogens is 1. The minimum Gasteiger partial charge on any atom is -0.379 e. The molecule has 0 unspecified atom stereocenters. The van der Waals surface area contributed by atoms with E-state index in [2.05, 4.69) is 43.6 Å². The predicted molar refractivity (Wildman–Crippen MR) is 118 cm³/mol. The van der Waals surface area contributed by atoms with Gasteiger partial charge in [-0.1, -0.05) is 28.1 Å². The molecule has 6 nitrogen and oxygen atoms in total. The van der Waals surface area contributed by atoms with Crippen LogP contribution in [0, 0.1) is 29.1 Å². The van der Waals surface area contributed by atoms with Crippen molar-refractivity contribution >= 4 is 33.4 Å². The highest BCUT2D eigenvalue weighted by Gasteiger charge is 2.69. The van der Waals surface area contributed by atoms with E-state index in [1.807, 2.05) is 24.3 Å². The monoisotopic (exact) mass is 473 g/mol. The van der Waals surface area contributed by atoms with Crippen LogP contribution in [0.2, 0.25) is 0 Å². The normalized spacial score (nSPS) is 31.1. The van der Waals surface area contributed by atoms with Crippen molar-refractivity contribution in [2.75, 3.05) is 44.7 Å². The number of amides is 2. The third-order valence-corrected chi connectivity index (χ3v) is 7.92. The molecule has 2 N–H and O–H groups in total. The van der Waals surface area contributed by atoms with Crippen molar-refractivity contribution in [1.82, 2.24) is 10.2 Å². The number of carbonyl (C=O) groups is 2. The highest BCUT2D eigenvalue weighted by molar-refractivity contribution is 9.10. The predicted octanol–water partition coefficient (Wildman–Crippen LogP) is 2.66. The third-order valence-electron chi connectivity index (χ3n) is 7.39. The van der Waals surface area contributed by atoms with E-state index in [1.54, 1.807) is 0 Å². The summed E-state index contributed by atoms with van der Waals surface area (Å²) in [6.45, 7) is 4.77. The fourth-order valence-electron chi connectivity index (χ4n) is 5.75. The standard InChI is InChI=1S/C23H28BrN3O3/c24-15-1-3-16(4-2-15)26-22(29)20-18-6-5-17(23(18)7-8-23)19(20)21(28)25-9-10-27-11-13-30-14-12-27/h1-6,17-20H,7-14H2,(H,25,28)(H,26,29)/t17-,18+,19-,20-/m1/s1. The van der Waals surface area contributed by atoms with Gasteiger partial charge in [0.25, 0.3) is 0 Å². The number of morpholine rings is 1. The Kier molecular flexibility index (Phi) is 5.45. The van der Waals surface area contributed by atoms with Gasteiger partial charge in [-0.05, 0) is 54.4 Å². The van der Waals surface area contributed by atoms with E-state index in [4.69, 9.17) is 4.74 Å². The van der Waals surface area contributed by atoms with Gasteiger partial charge in [-0.2, -0.15) is 0 Å². The number of allylic oxidation sites excluding steroid dienone is 2. The Balaban J connectivity index is 1.27. The quantitative estimate of drug-likeness (QED) is 0.623. The van der Waals surface area contributed by atoms with Crippen molar-refractivity contribution in [3.05, 3.63) is 40.9 Å². The molecule has 3 fully saturated rings. The molecule has 4 atom stereocenters. The first-order valence-electron chi connectivity index (χ1n) is 10.9. The van der Waals surface area contributed by atoms with Crippen LogP contribution in [-0.4, -0.2) is 56.1 Å². The maximum atomic E-state index is 13.3. The van der Waals surface area contributed by atoms with Crippen molar-refractivity contribution < 1.29 is 14.3 Å². The van der Waals surface area contributed by atoms with Crippen LogP contribution in [0.5, 0.6) is 0 Å². The number of benzene rings is 1. The molecular weight excluding hydrogens is 446 g/mol. The zero-order valence-corrected chi connectivity index (χ0v) is 18.6. The molecule has 1 heterocycles. The SMILES string of the molecule is O=C(NCCN1CCOCC1)[C@H]1[C@H](C(=O)Nc2ccc(Br)cc2)[C@@H]2C=C[C@H]1C21CC1. The summed E-state index contributed by atoms with van der Waals surface area (Å²) in [7, 11) is 0. The van der Waals surface area contributed by atoms with Gasteiger partial charge in [-0.3, -0.25) is 14.5 Å². The zero-order valence-electron chi connectivity index (χ0n) is 17.0. The topological polar surface area (TPSA) is 70.7 Å². The third kappa shape index (κ3) is 3.61. The smallest absolute Gasteiger partial charge is 0.228 e. The summed E-state index contributed by atoms with van der Waals surface area (Å²) < 4.78 is 6.35. The van der Waals surface area contributed by atoms with Crippen molar-refractivity contribution in [1.29, 1.82) is 0 Å². The van der Waals surface area contributed by atoms with Crippen LogP contribution in [0.25, 0.3) is 0 Å². The summed E-state index contributed by atoms with van der Waals surface area (Å²) in [6.07, 6.45) is 6.64. The first kappa shape index (κ1) is 20.2. The average Bonchev–Trinajstić information content (AvgIpc) is 3.42. The van der Waals surface area contributed by atoms with Gasteiger partial charge in [0.1, 0.15) is 0 Å². The van der Waals surface area contributed by atoms with Gasteiger partial charge in [0.05, 0.1) is 25.0 Å². The Bertz CT molecular complexity index is 846. The molecule has 160 valence electrons. The van der Waals surface area contributed by atoms with E-state index in [1.165, 1.54) is 0 Å².